The van der Waals surface area contributed by atoms with E-state index in [1.54, 1.807) is 0 Å². The van der Waals surface area contributed by atoms with Gasteiger partial charge < -0.3 is 19.7 Å². The molecule has 2 aliphatic rings. The number of ether oxygens (including phenoxy) is 2. The molecule has 124 valence electrons. The fourth-order valence-corrected chi connectivity index (χ4v) is 3.76. The monoisotopic (exact) mass is 337 g/mol. The Kier molecular flexibility index (Phi) is 5.01. The molecule has 23 heavy (non-hydrogen) atoms. The zero-order valence-electron chi connectivity index (χ0n) is 12.7. The highest BCUT2D eigenvalue weighted by molar-refractivity contribution is 8.14. The van der Waals surface area contributed by atoms with Gasteiger partial charge in [-0.2, -0.15) is 0 Å². The summed E-state index contributed by atoms with van der Waals surface area (Å²) in [6, 6.07) is 8.81. The Balaban J connectivity index is 1.53. The van der Waals surface area contributed by atoms with E-state index in [9.17, 15) is 15.0 Å². The number of aliphatic hydroxyl groups is 2. The first kappa shape index (κ1) is 16.4. The summed E-state index contributed by atoms with van der Waals surface area (Å²) in [7, 11) is 0. The molecule has 0 aromatic heterocycles. The summed E-state index contributed by atoms with van der Waals surface area (Å²) in [6.07, 6.45) is -2.73. The average molecular weight is 337 g/mol. The van der Waals surface area contributed by atoms with Crippen LogP contribution in [0.5, 0.6) is 0 Å². The maximum atomic E-state index is 11.9. The van der Waals surface area contributed by atoms with Gasteiger partial charge in [0.2, 0.25) is 0 Å². The number of thioether (sulfide) groups is 1. The molecule has 1 fully saturated rings. The molecule has 0 unspecified atom stereocenters. The van der Waals surface area contributed by atoms with E-state index in [2.05, 4.69) is 4.99 Å². The van der Waals surface area contributed by atoms with Crippen LogP contribution >= 0.6 is 11.8 Å². The summed E-state index contributed by atoms with van der Waals surface area (Å²) in [5.41, 5.74) is 0.518. The van der Waals surface area contributed by atoms with Crippen molar-refractivity contribution in [2.24, 2.45) is 4.99 Å². The first-order chi connectivity index (χ1) is 11.0. The van der Waals surface area contributed by atoms with Gasteiger partial charge in [0.1, 0.15) is 36.4 Å². The summed E-state index contributed by atoms with van der Waals surface area (Å²) >= 11 is 1.41. The van der Waals surface area contributed by atoms with Crippen molar-refractivity contribution in [3.8, 4) is 0 Å². The molecule has 6 nitrogen and oxygen atoms in total. The highest BCUT2D eigenvalue weighted by Gasteiger charge is 2.47. The van der Waals surface area contributed by atoms with Crippen LogP contribution in [0.25, 0.3) is 0 Å². The third-order valence-electron chi connectivity index (χ3n) is 3.89. The van der Waals surface area contributed by atoms with Crippen LogP contribution in [0.1, 0.15) is 12.5 Å². The number of benzene rings is 1. The van der Waals surface area contributed by atoms with Gasteiger partial charge in [0, 0.05) is 0 Å². The molecular formula is C16H19NO5S. The zero-order valence-corrected chi connectivity index (χ0v) is 13.5. The lowest BCUT2D eigenvalue weighted by Gasteiger charge is -2.37. The maximum absolute atomic E-state index is 11.9. The van der Waals surface area contributed by atoms with Crippen molar-refractivity contribution in [2.45, 2.75) is 43.1 Å². The molecule has 1 aromatic rings. The summed E-state index contributed by atoms with van der Waals surface area (Å²) in [6.45, 7) is 1.74. The zero-order chi connectivity index (χ0) is 16.4. The SMILES string of the molecule is CC1=N[C@@H]2[C@@H](O)[C@H](O)[C@@H](COC(=O)Cc3ccccc3)O[C@@H]2S1. The topological polar surface area (TPSA) is 88.4 Å². The number of fused-ring (bicyclic) bond motifs is 1. The second-order valence-electron chi connectivity index (χ2n) is 5.63. The van der Waals surface area contributed by atoms with Crippen molar-refractivity contribution in [3.63, 3.8) is 0 Å². The summed E-state index contributed by atoms with van der Waals surface area (Å²) in [5.74, 6) is -0.393. The first-order valence-electron chi connectivity index (χ1n) is 7.47. The number of rotatable bonds is 4. The lowest BCUT2D eigenvalue weighted by Crippen LogP contribution is -2.56. The molecule has 2 aliphatic heterocycles. The normalized spacial score (nSPS) is 33.0. The van der Waals surface area contributed by atoms with Gasteiger partial charge in [0.15, 0.2) is 0 Å². The summed E-state index contributed by atoms with van der Waals surface area (Å²) in [5, 5.41) is 21.1. The van der Waals surface area contributed by atoms with Gasteiger partial charge in [-0.1, -0.05) is 42.1 Å². The molecule has 3 rings (SSSR count). The van der Waals surface area contributed by atoms with Crippen molar-refractivity contribution >= 4 is 22.8 Å². The van der Waals surface area contributed by atoms with Gasteiger partial charge in [-0.3, -0.25) is 9.79 Å². The molecule has 0 radical (unpaired) electrons. The van der Waals surface area contributed by atoms with Crippen LogP contribution < -0.4 is 0 Å². The van der Waals surface area contributed by atoms with Gasteiger partial charge in [-0.05, 0) is 12.5 Å². The van der Waals surface area contributed by atoms with Crippen LogP contribution in [0.4, 0.5) is 0 Å². The molecule has 0 amide bonds. The third kappa shape index (κ3) is 3.74. The lowest BCUT2D eigenvalue weighted by molar-refractivity contribution is -0.178. The van der Waals surface area contributed by atoms with Crippen molar-refractivity contribution in [3.05, 3.63) is 35.9 Å². The molecule has 2 heterocycles. The fraction of sp³-hybridized carbons (Fsp3) is 0.500. The van der Waals surface area contributed by atoms with Crippen LogP contribution in [0.2, 0.25) is 0 Å². The van der Waals surface area contributed by atoms with Crippen LogP contribution in [0.3, 0.4) is 0 Å². The Labute approximate surface area is 138 Å². The van der Waals surface area contributed by atoms with Gasteiger partial charge in [-0.15, -0.1) is 0 Å². The molecule has 2 N–H and O–H groups in total. The Morgan fingerprint density at radius 1 is 1.30 bits per heavy atom. The van der Waals surface area contributed by atoms with Gasteiger partial charge in [0.05, 0.1) is 11.5 Å². The highest BCUT2D eigenvalue weighted by Crippen LogP contribution is 2.36. The predicted octanol–water partition coefficient (Wildman–Crippen LogP) is 0.753. The number of carbonyl (C=O) groups excluding carboxylic acids is 1. The molecule has 0 saturated carbocycles. The second-order valence-corrected chi connectivity index (χ2v) is 6.92. The van der Waals surface area contributed by atoms with Crippen LogP contribution in [0.15, 0.2) is 35.3 Å². The molecule has 0 aliphatic carbocycles. The Morgan fingerprint density at radius 2 is 2.04 bits per heavy atom. The van der Waals surface area contributed by atoms with E-state index >= 15 is 0 Å². The van der Waals surface area contributed by atoms with E-state index in [1.807, 2.05) is 37.3 Å². The fourth-order valence-electron chi connectivity index (χ4n) is 2.69. The van der Waals surface area contributed by atoms with E-state index in [0.717, 1.165) is 10.6 Å². The molecule has 5 atom stereocenters. The highest BCUT2D eigenvalue weighted by atomic mass is 32.2. The van der Waals surface area contributed by atoms with Crippen LogP contribution in [-0.2, 0) is 20.7 Å². The average Bonchev–Trinajstić information content (AvgIpc) is 2.91. The number of aliphatic imine (C=N–C) groups is 1. The first-order valence-corrected chi connectivity index (χ1v) is 8.35. The Hall–Kier alpha value is -1.41. The summed E-state index contributed by atoms with van der Waals surface area (Å²) < 4.78 is 10.9. The predicted molar refractivity (Wildman–Crippen MR) is 86.3 cm³/mol. The standard InChI is InChI=1S/C16H19NO5S/c1-9-17-13-15(20)14(19)11(22-16(13)23-9)8-21-12(18)7-10-5-3-2-4-6-10/h2-6,11,13-16,19-20H,7-8H2,1H3/t11-,13-,14-,15-,16-/m1/s1. The molecule has 0 bridgehead atoms. The second kappa shape index (κ2) is 7.00. The third-order valence-corrected chi connectivity index (χ3v) is 4.95. The largest absolute Gasteiger partial charge is 0.463 e. The van der Waals surface area contributed by atoms with Gasteiger partial charge in [-0.25, -0.2) is 0 Å². The van der Waals surface area contributed by atoms with E-state index in [4.69, 9.17) is 9.47 Å². The minimum absolute atomic E-state index is 0.0906. The number of nitrogens with zero attached hydrogens (tertiary/aromatic N) is 1. The Bertz CT molecular complexity index is 593. The minimum atomic E-state index is -1.13. The number of aliphatic hydroxyl groups excluding tert-OH is 2. The number of esters is 1. The molecule has 0 spiro atoms. The van der Waals surface area contributed by atoms with Crippen molar-refractivity contribution < 1.29 is 24.5 Å². The van der Waals surface area contributed by atoms with E-state index in [0.29, 0.717) is 0 Å². The van der Waals surface area contributed by atoms with Gasteiger partial charge in [0.25, 0.3) is 0 Å². The minimum Gasteiger partial charge on any atom is -0.463 e. The van der Waals surface area contributed by atoms with Crippen molar-refractivity contribution in [1.29, 1.82) is 0 Å². The summed E-state index contributed by atoms with van der Waals surface area (Å²) in [4.78, 5) is 16.1. The van der Waals surface area contributed by atoms with E-state index in [1.165, 1.54) is 11.8 Å². The lowest BCUT2D eigenvalue weighted by atomic mass is 9.99. The molecule has 1 saturated heterocycles. The van der Waals surface area contributed by atoms with E-state index in [-0.39, 0.29) is 18.5 Å². The Morgan fingerprint density at radius 3 is 2.78 bits per heavy atom. The van der Waals surface area contributed by atoms with Gasteiger partial charge >= 0.3 is 5.97 Å². The van der Waals surface area contributed by atoms with Crippen molar-refractivity contribution in [2.75, 3.05) is 6.61 Å². The molecule has 1 aromatic carbocycles. The number of carbonyl (C=O) groups is 1. The van der Waals surface area contributed by atoms with Crippen LogP contribution in [-0.4, -0.2) is 57.6 Å². The number of hydrogen-bond acceptors (Lipinski definition) is 7. The van der Waals surface area contributed by atoms with Crippen molar-refractivity contribution in [1.82, 2.24) is 0 Å². The van der Waals surface area contributed by atoms with E-state index < -0.39 is 30.3 Å². The molecule has 7 heteroatoms. The number of hydrogen-bond donors (Lipinski definition) is 2. The quantitative estimate of drug-likeness (QED) is 0.789. The van der Waals surface area contributed by atoms with Crippen LogP contribution in [0, 0.1) is 0 Å². The molecular weight excluding hydrogens is 318 g/mol. The smallest absolute Gasteiger partial charge is 0.310 e. The maximum Gasteiger partial charge on any atom is 0.310 e.